The highest BCUT2D eigenvalue weighted by molar-refractivity contribution is 6.31. The van der Waals surface area contributed by atoms with E-state index < -0.39 is 0 Å². The van der Waals surface area contributed by atoms with Crippen LogP contribution in [0.1, 0.15) is 31.7 Å². The quantitative estimate of drug-likeness (QED) is 0.839. The lowest BCUT2D eigenvalue weighted by Crippen LogP contribution is -2.34. The molecule has 1 amide bonds. The Kier molecular flexibility index (Phi) is 4.83. The molecule has 1 aromatic rings. The summed E-state index contributed by atoms with van der Waals surface area (Å²) in [5.74, 6) is 0.855. The molecular weight excluding hydrogens is 260 g/mol. The average molecular weight is 281 g/mol. The topological polar surface area (TPSA) is 41.1 Å². The van der Waals surface area contributed by atoms with Gasteiger partial charge in [-0.2, -0.15) is 0 Å². The van der Waals surface area contributed by atoms with E-state index in [1.807, 2.05) is 19.1 Å². The van der Waals surface area contributed by atoms with Gasteiger partial charge in [0.15, 0.2) is 0 Å². The smallest absolute Gasteiger partial charge is 0.238 e. The molecule has 1 unspecified atom stereocenters. The van der Waals surface area contributed by atoms with Crippen LogP contribution in [0.25, 0.3) is 0 Å². The molecule has 1 aliphatic rings. The molecule has 104 valence electrons. The Labute approximate surface area is 119 Å². The van der Waals surface area contributed by atoms with Crippen molar-refractivity contribution in [2.24, 2.45) is 5.92 Å². The Balaban J connectivity index is 1.78. The normalized spacial score (nSPS) is 16.2. The van der Waals surface area contributed by atoms with Crippen LogP contribution in [-0.2, 0) is 4.79 Å². The van der Waals surface area contributed by atoms with Crippen molar-refractivity contribution in [2.75, 3.05) is 11.9 Å². The molecule has 1 saturated carbocycles. The highest BCUT2D eigenvalue weighted by atomic mass is 35.5. The van der Waals surface area contributed by atoms with Crippen LogP contribution in [0.2, 0.25) is 5.02 Å². The molecule has 19 heavy (non-hydrogen) atoms. The minimum Gasteiger partial charge on any atom is -0.325 e. The molecule has 4 heteroatoms. The first kappa shape index (κ1) is 14.4. The fourth-order valence-electron chi connectivity index (χ4n) is 2.13. The van der Waals surface area contributed by atoms with Crippen LogP contribution in [-0.4, -0.2) is 18.5 Å². The summed E-state index contributed by atoms with van der Waals surface area (Å²) < 4.78 is 0. The van der Waals surface area contributed by atoms with Gasteiger partial charge >= 0.3 is 0 Å². The molecule has 2 N–H and O–H groups in total. The second kappa shape index (κ2) is 6.40. The fourth-order valence-corrected chi connectivity index (χ4v) is 2.30. The monoisotopic (exact) mass is 280 g/mol. The number of anilines is 1. The van der Waals surface area contributed by atoms with E-state index >= 15 is 0 Å². The summed E-state index contributed by atoms with van der Waals surface area (Å²) in [7, 11) is 0. The van der Waals surface area contributed by atoms with Crippen LogP contribution >= 0.6 is 11.6 Å². The summed E-state index contributed by atoms with van der Waals surface area (Å²) in [5.41, 5.74) is 1.80. The Morgan fingerprint density at radius 3 is 2.89 bits per heavy atom. The molecule has 1 fully saturated rings. The average Bonchev–Trinajstić information content (AvgIpc) is 3.15. The van der Waals surface area contributed by atoms with Crippen molar-refractivity contribution in [2.45, 2.75) is 39.2 Å². The molecule has 0 saturated heterocycles. The number of benzene rings is 1. The number of aryl methyl sites for hydroxylation is 1. The van der Waals surface area contributed by atoms with E-state index in [0.29, 0.717) is 17.6 Å². The maximum Gasteiger partial charge on any atom is 0.238 e. The third-order valence-electron chi connectivity index (χ3n) is 3.47. The highest BCUT2D eigenvalue weighted by Crippen LogP contribution is 2.33. The molecule has 0 heterocycles. The third kappa shape index (κ3) is 4.84. The Hall–Kier alpha value is -1.06. The van der Waals surface area contributed by atoms with Gasteiger partial charge in [-0.1, -0.05) is 30.5 Å². The molecule has 1 aromatic carbocycles. The SMILES string of the molecule is Cc1ccc(Cl)cc1NC(=O)CNC(C)CC1CC1. The zero-order chi connectivity index (χ0) is 13.8. The summed E-state index contributed by atoms with van der Waals surface area (Å²) in [6.45, 7) is 4.44. The van der Waals surface area contributed by atoms with E-state index in [1.54, 1.807) is 6.07 Å². The molecule has 0 bridgehead atoms. The largest absolute Gasteiger partial charge is 0.325 e. The van der Waals surface area contributed by atoms with Crippen molar-refractivity contribution in [1.29, 1.82) is 0 Å². The summed E-state index contributed by atoms with van der Waals surface area (Å²) >= 11 is 5.93. The summed E-state index contributed by atoms with van der Waals surface area (Å²) in [4.78, 5) is 11.9. The van der Waals surface area contributed by atoms with Gasteiger partial charge in [0.1, 0.15) is 0 Å². The number of nitrogens with one attached hydrogen (secondary N) is 2. The molecule has 0 aliphatic heterocycles. The molecule has 0 radical (unpaired) electrons. The molecule has 1 atom stereocenters. The number of amides is 1. The van der Waals surface area contributed by atoms with E-state index in [4.69, 9.17) is 11.6 Å². The van der Waals surface area contributed by atoms with Crippen LogP contribution < -0.4 is 10.6 Å². The maximum atomic E-state index is 11.9. The minimum atomic E-state index is -0.0204. The Bertz CT molecular complexity index is 457. The van der Waals surface area contributed by atoms with Gasteiger partial charge in [0.05, 0.1) is 6.54 Å². The van der Waals surface area contributed by atoms with Crippen molar-refractivity contribution in [1.82, 2.24) is 5.32 Å². The van der Waals surface area contributed by atoms with Gasteiger partial charge in [-0.25, -0.2) is 0 Å². The van der Waals surface area contributed by atoms with Crippen LogP contribution in [0, 0.1) is 12.8 Å². The number of hydrogen-bond acceptors (Lipinski definition) is 2. The van der Waals surface area contributed by atoms with Gasteiger partial charge in [-0.05, 0) is 43.9 Å². The van der Waals surface area contributed by atoms with Crippen LogP contribution in [0.15, 0.2) is 18.2 Å². The minimum absolute atomic E-state index is 0.0204. The molecular formula is C15H21ClN2O. The zero-order valence-electron chi connectivity index (χ0n) is 11.5. The van der Waals surface area contributed by atoms with Crippen molar-refractivity contribution < 1.29 is 4.79 Å². The van der Waals surface area contributed by atoms with Crippen LogP contribution in [0.5, 0.6) is 0 Å². The standard InChI is InChI=1S/C15H21ClN2O/c1-10-3-6-13(16)8-14(10)18-15(19)9-17-11(2)7-12-4-5-12/h3,6,8,11-12,17H,4-5,7,9H2,1-2H3,(H,18,19). The van der Waals surface area contributed by atoms with Crippen molar-refractivity contribution in [3.05, 3.63) is 28.8 Å². The van der Waals surface area contributed by atoms with E-state index in [2.05, 4.69) is 17.6 Å². The van der Waals surface area contributed by atoms with Gasteiger partial charge in [0.25, 0.3) is 0 Å². The molecule has 0 aromatic heterocycles. The first-order chi connectivity index (χ1) is 9.04. The highest BCUT2D eigenvalue weighted by Gasteiger charge is 2.23. The Morgan fingerprint density at radius 1 is 1.47 bits per heavy atom. The number of rotatable bonds is 6. The van der Waals surface area contributed by atoms with Gasteiger partial charge in [0, 0.05) is 16.8 Å². The zero-order valence-corrected chi connectivity index (χ0v) is 12.3. The molecule has 0 spiro atoms. The third-order valence-corrected chi connectivity index (χ3v) is 3.70. The van der Waals surface area contributed by atoms with Gasteiger partial charge in [-0.3, -0.25) is 4.79 Å². The van der Waals surface area contributed by atoms with Crippen molar-refractivity contribution in [3.63, 3.8) is 0 Å². The lowest BCUT2D eigenvalue weighted by molar-refractivity contribution is -0.115. The van der Waals surface area contributed by atoms with E-state index in [9.17, 15) is 4.79 Å². The predicted octanol–water partition coefficient (Wildman–Crippen LogP) is 3.37. The van der Waals surface area contributed by atoms with E-state index in [-0.39, 0.29) is 5.91 Å². The number of carbonyl (C=O) groups excluding carboxylic acids is 1. The lowest BCUT2D eigenvalue weighted by atomic mass is 10.1. The molecule has 3 nitrogen and oxygen atoms in total. The first-order valence-corrected chi connectivity index (χ1v) is 7.22. The van der Waals surface area contributed by atoms with Gasteiger partial charge in [-0.15, -0.1) is 0 Å². The first-order valence-electron chi connectivity index (χ1n) is 6.84. The predicted molar refractivity (Wildman–Crippen MR) is 79.6 cm³/mol. The second-order valence-corrected chi connectivity index (χ2v) is 5.90. The van der Waals surface area contributed by atoms with Crippen LogP contribution in [0.4, 0.5) is 5.69 Å². The maximum absolute atomic E-state index is 11.9. The number of carbonyl (C=O) groups is 1. The number of hydrogen-bond donors (Lipinski definition) is 2. The van der Waals surface area contributed by atoms with E-state index in [1.165, 1.54) is 19.3 Å². The fraction of sp³-hybridized carbons (Fsp3) is 0.533. The number of halogens is 1. The molecule has 2 rings (SSSR count). The van der Waals surface area contributed by atoms with Crippen molar-refractivity contribution >= 4 is 23.2 Å². The van der Waals surface area contributed by atoms with Crippen molar-refractivity contribution in [3.8, 4) is 0 Å². The lowest BCUT2D eigenvalue weighted by Gasteiger charge is -2.14. The van der Waals surface area contributed by atoms with Gasteiger partial charge in [0.2, 0.25) is 5.91 Å². The summed E-state index contributed by atoms with van der Waals surface area (Å²) in [6, 6.07) is 5.91. The van der Waals surface area contributed by atoms with E-state index in [0.717, 1.165) is 17.2 Å². The van der Waals surface area contributed by atoms with Gasteiger partial charge < -0.3 is 10.6 Å². The van der Waals surface area contributed by atoms with Crippen LogP contribution in [0.3, 0.4) is 0 Å². The summed E-state index contributed by atoms with van der Waals surface area (Å²) in [5, 5.41) is 6.79. The summed E-state index contributed by atoms with van der Waals surface area (Å²) in [6.07, 6.45) is 3.86. The Morgan fingerprint density at radius 2 is 2.21 bits per heavy atom. The molecule has 1 aliphatic carbocycles. The second-order valence-electron chi connectivity index (χ2n) is 5.47.